The number of nitrogens with zero attached hydrogens (tertiary/aromatic N) is 3. The number of urea groups is 1. The summed E-state index contributed by atoms with van der Waals surface area (Å²) in [5.74, 6) is 0. The number of ether oxygens (including phenoxy) is 1. The van der Waals surface area contributed by atoms with Crippen molar-refractivity contribution in [2.75, 3.05) is 25.0 Å². The first kappa shape index (κ1) is 19.7. The molecule has 3 saturated heterocycles. The first-order valence-electron chi connectivity index (χ1n) is 9.73. The van der Waals surface area contributed by atoms with Gasteiger partial charge in [-0.3, -0.25) is 4.98 Å². The van der Waals surface area contributed by atoms with Gasteiger partial charge in [0.2, 0.25) is 10.0 Å². The number of halogens is 1. The highest BCUT2D eigenvalue weighted by Gasteiger charge is 2.65. The minimum absolute atomic E-state index is 0.226. The van der Waals surface area contributed by atoms with Crippen LogP contribution in [0.3, 0.4) is 0 Å². The molecule has 158 valence electrons. The Morgan fingerprint density at radius 3 is 2.93 bits per heavy atom. The zero-order chi connectivity index (χ0) is 20.9. The second-order valence-electron chi connectivity index (χ2n) is 8.02. The van der Waals surface area contributed by atoms with Crippen molar-refractivity contribution in [2.24, 2.45) is 0 Å². The van der Waals surface area contributed by atoms with E-state index in [9.17, 15) is 13.2 Å². The number of likely N-dealkylation sites (tertiary alicyclic amines) is 1. The molecule has 1 aromatic heterocycles. The number of carbonyl (C=O) groups is 1. The molecule has 8 nitrogen and oxygen atoms in total. The molecule has 0 aliphatic carbocycles. The van der Waals surface area contributed by atoms with E-state index in [-0.39, 0.29) is 31.8 Å². The fourth-order valence-electron chi connectivity index (χ4n) is 4.71. The number of fused-ring (bicyclic) bond motifs is 1. The Morgan fingerprint density at radius 1 is 1.30 bits per heavy atom. The number of carbonyl (C=O) groups excluding carboxylic acids is 1. The molecule has 2 aromatic rings. The summed E-state index contributed by atoms with van der Waals surface area (Å²) in [6, 6.07) is 10.3. The maximum atomic E-state index is 13.2. The van der Waals surface area contributed by atoms with Crippen LogP contribution >= 0.6 is 11.6 Å². The molecule has 2 bridgehead atoms. The molecule has 5 rings (SSSR count). The van der Waals surface area contributed by atoms with E-state index in [1.807, 2.05) is 6.07 Å². The number of rotatable bonds is 3. The monoisotopic (exact) mass is 448 g/mol. The van der Waals surface area contributed by atoms with Crippen LogP contribution in [0.2, 0.25) is 5.02 Å². The minimum atomic E-state index is -3.54. The molecular formula is C20H21ClN4O4S. The molecule has 1 spiro atoms. The first-order chi connectivity index (χ1) is 14.4. The lowest BCUT2D eigenvalue weighted by Gasteiger charge is -2.39. The highest BCUT2D eigenvalue weighted by Crippen LogP contribution is 2.47. The smallest absolute Gasteiger partial charge is 0.322 e. The third-order valence-electron chi connectivity index (χ3n) is 5.96. The lowest BCUT2D eigenvalue weighted by atomic mass is 9.99. The van der Waals surface area contributed by atoms with Crippen LogP contribution in [0.4, 0.5) is 10.5 Å². The third kappa shape index (κ3) is 3.35. The number of pyridine rings is 1. The van der Waals surface area contributed by atoms with E-state index in [2.05, 4.69) is 10.3 Å². The largest absolute Gasteiger partial charge is 0.365 e. The summed E-state index contributed by atoms with van der Waals surface area (Å²) in [7, 11) is -3.54. The van der Waals surface area contributed by atoms with E-state index >= 15 is 0 Å². The van der Waals surface area contributed by atoms with E-state index < -0.39 is 20.9 Å². The van der Waals surface area contributed by atoms with Gasteiger partial charge in [-0.05, 0) is 36.2 Å². The Labute approximate surface area is 179 Å². The van der Waals surface area contributed by atoms with Crippen LogP contribution in [-0.4, -0.2) is 65.2 Å². The van der Waals surface area contributed by atoms with E-state index in [4.69, 9.17) is 16.3 Å². The van der Waals surface area contributed by atoms with Crippen molar-refractivity contribution in [1.82, 2.24) is 14.2 Å². The number of amides is 2. The molecule has 4 heterocycles. The van der Waals surface area contributed by atoms with E-state index in [1.165, 1.54) is 4.31 Å². The summed E-state index contributed by atoms with van der Waals surface area (Å²) in [6.07, 6.45) is 3.42. The summed E-state index contributed by atoms with van der Waals surface area (Å²) >= 11 is 5.99. The standard InChI is InChI=1S/C20H21ClN4O4S/c21-15-4-1-5-16(7-15)23-19(26)24-11-17-8-18-20(12-24,29-17)13-25(30(18,27)28)10-14-3-2-6-22-9-14/h1-7,9,17-18H,8,10-13H2,(H,23,26)/t17-,18+,20+/m0/s1. The highest BCUT2D eigenvalue weighted by atomic mass is 35.5. The second kappa shape index (κ2) is 7.19. The number of benzene rings is 1. The Kier molecular flexibility index (Phi) is 4.73. The number of anilines is 1. The maximum Gasteiger partial charge on any atom is 0.322 e. The van der Waals surface area contributed by atoms with Gasteiger partial charge in [-0.1, -0.05) is 23.7 Å². The van der Waals surface area contributed by atoms with Crippen molar-refractivity contribution in [3.63, 3.8) is 0 Å². The van der Waals surface area contributed by atoms with E-state index in [1.54, 1.807) is 47.6 Å². The topological polar surface area (TPSA) is 91.8 Å². The molecule has 0 radical (unpaired) electrons. The number of morpholine rings is 1. The number of hydrogen-bond acceptors (Lipinski definition) is 5. The van der Waals surface area contributed by atoms with Crippen molar-refractivity contribution in [3.05, 3.63) is 59.4 Å². The fourth-order valence-corrected chi connectivity index (χ4v) is 7.19. The van der Waals surface area contributed by atoms with Gasteiger partial charge in [0.05, 0.1) is 12.6 Å². The Balaban J connectivity index is 1.35. The lowest BCUT2D eigenvalue weighted by Crippen LogP contribution is -2.57. The Morgan fingerprint density at radius 2 is 2.17 bits per heavy atom. The predicted octanol–water partition coefficient (Wildman–Crippen LogP) is 2.32. The van der Waals surface area contributed by atoms with Gasteiger partial charge in [-0.15, -0.1) is 0 Å². The van der Waals surface area contributed by atoms with E-state index in [0.717, 1.165) is 5.56 Å². The summed E-state index contributed by atoms with van der Waals surface area (Å²) in [4.78, 5) is 18.6. The molecule has 1 aromatic carbocycles. The Bertz CT molecular complexity index is 1080. The maximum absolute atomic E-state index is 13.2. The van der Waals surface area contributed by atoms with Gasteiger partial charge in [0, 0.05) is 42.7 Å². The van der Waals surface area contributed by atoms with Gasteiger partial charge in [-0.25, -0.2) is 13.2 Å². The molecule has 0 unspecified atom stereocenters. The number of sulfonamides is 1. The van der Waals surface area contributed by atoms with E-state index in [0.29, 0.717) is 23.7 Å². The van der Waals surface area contributed by atoms with Crippen molar-refractivity contribution < 1.29 is 17.9 Å². The van der Waals surface area contributed by atoms with Crippen LogP contribution in [0.5, 0.6) is 0 Å². The van der Waals surface area contributed by atoms with Crippen LogP contribution in [0.1, 0.15) is 12.0 Å². The normalized spacial score (nSPS) is 29.6. The zero-order valence-electron chi connectivity index (χ0n) is 16.1. The molecule has 0 saturated carbocycles. The average Bonchev–Trinajstić information content (AvgIpc) is 3.08. The number of nitrogens with one attached hydrogen (secondary N) is 1. The molecule has 3 atom stereocenters. The molecular weight excluding hydrogens is 428 g/mol. The van der Waals surface area contributed by atoms with Crippen LogP contribution < -0.4 is 5.32 Å². The summed E-state index contributed by atoms with van der Waals surface area (Å²) in [5, 5.41) is 2.73. The molecule has 3 fully saturated rings. The summed E-state index contributed by atoms with van der Waals surface area (Å²) in [6.45, 7) is 1.07. The van der Waals surface area contributed by atoms with Crippen LogP contribution in [0.15, 0.2) is 48.8 Å². The molecule has 30 heavy (non-hydrogen) atoms. The quantitative estimate of drug-likeness (QED) is 0.778. The Hall–Kier alpha value is -2.20. The van der Waals surface area contributed by atoms with Gasteiger partial charge < -0.3 is 15.0 Å². The van der Waals surface area contributed by atoms with Gasteiger partial charge in [0.1, 0.15) is 10.9 Å². The van der Waals surface area contributed by atoms with Crippen LogP contribution in [0.25, 0.3) is 0 Å². The summed E-state index contributed by atoms with van der Waals surface area (Å²) in [5.41, 5.74) is 0.508. The minimum Gasteiger partial charge on any atom is -0.365 e. The van der Waals surface area contributed by atoms with Crippen LogP contribution in [-0.2, 0) is 21.3 Å². The first-order valence-corrected chi connectivity index (χ1v) is 11.6. The van der Waals surface area contributed by atoms with Crippen molar-refractivity contribution in [1.29, 1.82) is 0 Å². The highest BCUT2D eigenvalue weighted by molar-refractivity contribution is 7.90. The molecule has 3 aliphatic heterocycles. The average molecular weight is 449 g/mol. The second-order valence-corrected chi connectivity index (χ2v) is 10.6. The summed E-state index contributed by atoms with van der Waals surface area (Å²) < 4.78 is 34.1. The molecule has 3 aliphatic rings. The molecule has 10 heteroatoms. The molecule has 1 N–H and O–H groups in total. The fraction of sp³-hybridized carbons (Fsp3) is 0.400. The predicted molar refractivity (Wildman–Crippen MR) is 112 cm³/mol. The van der Waals surface area contributed by atoms with Gasteiger partial charge in [0.25, 0.3) is 0 Å². The van der Waals surface area contributed by atoms with Crippen molar-refractivity contribution >= 4 is 33.3 Å². The molecule has 2 amide bonds. The number of aromatic nitrogens is 1. The van der Waals surface area contributed by atoms with Gasteiger partial charge in [0.15, 0.2) is 0 Å². The van der Waals surface area contributed by atoms with Crippen LogP contribution in [0, 0.1) is 0 Å². The van der Waals surface area contributed by atoms with Gasteiger partial charge >= 0.3 is 6.03 Å². The van der Waals surface area contributed by atoms with Crippen molar-refractivity contribution in [3.8, 4) is 0 Å². The lowest BCUT2D eigenvalue weighted by molar-refractivity contribution is -0.0946. The van der Waals surface area contributed by atoms with Gasteiger partial charge in [-0.2, -0.15) is 4.31 Å². The SMILES string of the molecule is O=C(Nc1cccc(Cl)c1)N1C[C@@H]2C[C@@H]3[C@@](C1)(CN(Cc1cccnc1)S3(=O)=O)O2. The third-order valence-corrected chi connectivity index (χ3v) is 8.51. The number of hydrogen-bond donors (Lipinski definition) is 1. The zero-order valence-corrected chi connectivity index (χ0v) is 17.6. The van der Waals surface area contributed by atoms with Crippen molar-refractivity contribution in [2.45, 2.75) is 29.9 Å².